The second-order valence-electron chi connectivity index (χ2n) is 5.20. The van der Waals surface area contributed by atoms with Gasteiger partial charge in [-0.3, -0.25) is 0 Å². The van der Waals surface area contributed by atoms with Crippen LogP contribution in [0.1, 0.15) is 24.7 Å². The molecule has 1 fully saturated rings. The Hall–Kier alpha value is -1.23. The highest BCUT2D eigenvalue weighted by Crippen LogP contribution is 2.31. The van der Waals surface area contributed by atoms with Crippen LogP contribution >= 0.6 is 0 Å². The quantitative estimate of drug-likeness (QED) is 0.793. The molecule has 1 atom stereocenters. The third-order valence-electron chi connectivity index (χ3n) is 3.41. The summed E-state index contributed by atoms with van der Waals surface area (Å²) in [5.41, 5.74) is 2.06. The van der Waals surface area contributed by atoms with Crippen LogP contribution in [0.5, 0.6) is 0 Å². The molecule has 0 N–H and O–H groups in total. The minimum Gasteiger partial charge on any atom is -0.384 e. The lowest BCUT2D eigenvalue weighted by Crippen LogP contribution is -2.29. The number of aryl methyl sites for hydroxylation is 2. The number of hydrogen-bond donors (Lipinski definition) is 0. The van der Waals surface area contributed by atoms with Crippen LogP contribution in [0, 0.1) is 19.3 Å². The van der Waals surface area contributed by atoms with Crippen molar-refractivity contribution in [1.82, 2.24) is 15.2 Å². The molecule has 0 saturated carbocycles. The van der Waals surface area contributed by atoms with Gasteiger partial charge in [-0.05, 0) is 20.3 Å². The molecule has 0 bridgehead atoms. The fraction of sp³-hybridized carbons (Fsp3) is 0.750. The van der Waals surface area contributed by atoms with Crippen LogP contribution in [0.15, 0.2) is 0 Å². The van der Waals surface area contributed by atoms with Gasteiger partial charge in [0.25, 0.3) is 0 Å². The molecule has 5 nitrogen and oxygen atoms in total. The Balaban J connectivity index is 2.12. The van der Waals surface area contributed by atoms with Crippen LogP contribution in [0.25, 0.3) is 0 Å². The Kier molecular flexibility index (Phi) is 3.28. The van der Waals surface area contributed by atoms with Gasteiger partial charge in [-0.2, -0.15) is 5.10 Å². The highest BCUT2D eigenvalue weighted by atomic mass is 16.5. The van der Waals surface area contributed by atoms with Crippen molar-refractivity contribution in [2.75, 3.05) is 31.7 Å². The maximum absolute atomic E-state index is 5.27. The smallest absolute Gasteiger partial charge is 0.245 e. The molecule has 1 unspecified atom stereocenters. The largest absolute Gasteiger partial charge is 0.384 e. The standard InChI is InChI=1S/C12H20N4O/c1-9-10(2)14-15-11(13-9)16-6-5-12(3,7-16)8-17-4/h5-8H2,1-4H3. The molecule has 0 aliphatic carbocycles. The van der Waals surface area contributed by atoms with Crippen LogP contribution in [-0.2, 0) is 4.74 Å². The predicted octanol–water partition coefficient (Wildman–Crippen LogP) is 1.35. The summed E-state index contributed by atoms with van der Waals surface area (Å²) in [4.78, 5) is 6.68. The fourth-order valence-corrected chi connectivity index (χ4v) is 2.24. The van der Waals surface area contributed by atoms with E-state index in [1.807, 2.05) is 13.8 Å². The minimum absolute atomic E-state index is 0.205. The van der Waals surface area contributed by atoms with Crippen molar-refractivity contribution >= 4 is 5.95 Å². The lowest BCUT2D eigenvalue weighted by atomic mass is 9.91. The molecule has 2 rings (SSSR count). The third-order valence-corrected chi connectivity index (χ3v) is 3.41. The average Bonchev–Trinajstić information content (AvgIpc) is 2.65. The first-order valence-corrected chi connectivity index (χ1v) is 5.96. The van der Waals surface area contributed by atoms with Crippen LogP contribution < -0.4 is 4.90 Å². The van der Waals surface area contributed by atoms with Crippen molar-refractivity contribution in [1.29, 1.82) is 0 Å². The Morgan fingerprint density at radius 2 is 2.06 bits per heavy atom. The number of methoxy groups -OCH3 is 1. The maximum Gasteiger partial charge on any atom is 0.245 e. The number of aromatic nitrogens is 3. The van der Waals surface area contributed by atoms with Gasteiger partial charge in [-0.25, -0.2) is 4.98 Å². The van der Waals surface area contributed by atoms with E-state index in [1.54, 1.807) is 7.11 Å². The molecular formula is C12H20N4O. The molecule has 0 amide bonds. The Morgan fingerprint density at radius 3 is 2.71 bits per heavy atom. The molecule has 0 aromatic carbocycles. The Bertz CT molecular complexity index is 409. The average molecular weight is 236 g/mol. The lowest BCUT2D eigenvalue weighted by Gasteiger charge is -2.23. The zero-order valence-electron chi connectivity index (χ0n) is 11.0. The van der Waals surface area contributed by atoms with E-state index in [0.29, 0.717) is 0 Å². The second-order valence-corrected chi connectivity index (χ2v) is 5.20. The zero-order chi connectivity index (χ0) is 12.5. The molecule has 1 saturated heterocycles. The van der Waals surface area contributed by atoms with Gasteiger partial charge in [0.1, 0.15) is 0 Å². The molecule has 2 heterocycles. The van der Waals surface area contributed by atoms with E-state index in [2.05, 4.69) is 27.0 Å². The van der Waals surface area contributed by atoms with Crippen molar-refractivity contribution < 1.29 is 4.74 Å². The van der Waals surface area contributed by atoms with Gasteiger partial charge in [0.2, 0.25) is 5.95 Å². The van der Waals surface area contributed by atoms with E-state index in [1.165, 1.54) is 0 Å². The molecule has 1 aliphatic rings. The van der Waals surface area contributed by atoms with E-state index < -0.39 is 0 Å². The summed E-state index contributed by atoms with van der Waals surface area (Å²) < 4.78 is 5.27. The topological polar surface area (TPSA) is 51.1 Å². The number of nitrogens with zero attached hydrogens (tertiary/aromatic N) is 4. The van der Waals surface area contributed by atoms with Crippen LogP contribution in [0.3, 0.4) is 0 Å². The number of hydrogen-bond acceptors (Lipinski definition) is 5. The number of ether oxygens (including phenoxy) is 1. The van der Waals surface area contributed by atoms with Crippen molar-refractivity contribution in [3.05, 3.63) is 11.4 Å². The summed E-state index contributed by atoms with van der Waals surface area (Å²) >= 11 is 0. The van der Waals surface area contributed by atoms with Gasteiger partial charge in [0.05, 0.1) is 18.0 Å². The van der Waals surface area contributed by atoms with E-state index in [9.17, 15) is 0 Å². The van der Waals surface area contributed by atoms with E-state index in [4.69, 9.17) is 4.74 Å². The summed E-state index contributed by atoms with van der Waals surface area (Å²) in [6.07, 6.45) is 1.11. The normalized spacial score (nSPS) is 24.4. The SMILES string of the molecule is COCC1(C)CCN(c2nnc(C)c(C)n2)C1. The molecule has 5 heteroatoms. The molecule has 1 aliphatic heterocycles. The Labute approximate surface area is 102 Å². The first-order chi connectivity index (χ1) is 8.04. The van der Waals surface area contributed by atoms with E-state index in [0.717, 1.165) is 43.5 Å². The zero-order valence-corrected chi connectivity index (χ0v) is 11.0. The summed E-state index contributed by atoms with van der Waals surface area (Å²) in [6, 6.07) is 0. The van der Waals surface area contributed by atoms with E-state index >= 15 is 0 Å². The van der Waals surface area contributed by atoms with Crippen LogP contribution in [0.2, 0.25) is 0 Å². The molecule has 1 aromatic heterocycles. The monoisotopic (exact) mass is 236 g/mol. The predicted molar refractivity (Wildman–Crippen MR) is 66.1 cm³/mol. The van der Waals surface area contributed by atoms with Crippen LogP contribution in [-0.4, -0.2) is 42.0 Å². The summed E-state index contributed by atoms with van der Waals surface area (Å²) in [5, 5.41) is 8.30. The number of anilines is 1. The molecular weight excluding hydrogens is 216 g/mol. The van der Waals surface area contributed by atoms with Gasteiger partial charge in [0, 0.05) is 25.6 Å². The van der Waals surface area contributed by atoms with Gasteiger partial charge in [-0.15, -0.1) is 5.10 Å². The molecule has 0 spiro atoms. The summed E-state index contributed by atoms with van der Waals surface area (Å²) in [5.74, 6) is 0.743. The second kappa shape index (κ2) is 4.56. The van der Waals surface area contributed by atoms with Gasteiger partial charge in [-0.1, -0.05) is 6.92 Å². The van der Waals surface area contributed by atoms with E-state index in [-0.39, 0.29) is 5.41 Å². The van der Waals surface area contributed by atoms with Gasteiger partial charge in [0.15, 0.2) is 0 Å². The van der Waals surface area contributed by atoms with Gasteiger partial charge >= 0.3 is 0 Å². The first kappa shape index (κ1) is 12.2. The maximum atomic E-state index is 5.27. The highest BCUT2D eigenvalue weighted by Gasteiger charge is 2.35. The van der Waals surface area contributed by atoms with Crippen LogP contribution in [0.4, 0.5) is 5.95 Å². The molecule has 1 aromatic rings. The lowest BCUT2D eigenvalue weighted by molar-refractivity contribution is 0.106. The molecule has 0 radical (unpaired) electrons. The first-order valence-electron chi connectivity index (χ1n) is 5.96. The van der Waals surface area contributed by atoms with Crippen molar-refractivity contribution in [3.63, 3.8) is 0 Å². The van der Waals surface area contributed by atoms with Crippen molar-refractivity contribution in [3.8, 4) is 0 Å². The van der Waals surface area contributed by atoms with Crippen molar-refractivity contribution in [2.45, 2.75) is 27.2 Å². The fourth-order valence-electron chi connectivity index (χ4n) is 2.24. The molecule has 94 valence electrons. The summed E-state index contributed by atoms with van der Waals surface area (Å²) in [7, 11) is 1.75. The molecule has 17 heavy (non-hydrogen) atoms. The minimum atomic E-state index is 0.205. The van der Waals surface area contributed by atoms with Gasteiger partial charge < -0.3 is 9.64 Å². The Morgan fingerprint density at radius 1 is 1.29 bits per heavy atom. The number of rotatable bonds is 3. The third kappa shape index (κ3) is 2.54. The van der Waals surface area contributed by atoms with Crippen molar-refractivity contribution in [2.24, 2.45) is 5.41 Å². The highest BCUT2D eigenvalue weighted by molar-refractivity contribution is 5.32. The summed E-state index contributed by atoms with van der Waals surface area (Å²) in [6.45, 7) is 8.83.